The van der Waals surface area contributed by atoms with Crippen LogP contribution >= 0.6 is 0 Å². The number of methoxy groups -OCH3 is 1. The fraction of sp³-hybridized carbons (Fsp3) is 0.778. The molecule has 2 unspecified atom stereocenters. The fourth-order valence-corrected chi connectivity index (χ4v) is 1.13. The summed E-state index contributed by atoms with van der Waals surface area (Å²) < 4.78 is 11.9. The lowest BCUT2D eigenvalue weighted by Crippen LogP contribution is -2.34. The molecular weight excluding hydrogens is 202 g/mol. The normalized spacial score (nSPS) is 15.4. The highest BCUT2D eigenvalue weighted by molar-refractivity contribution is 5.73. The van der Waals surface area contributed by atoms with E-state index >= 15 is 0 Å². The summed E-state index contributed by atoms with van der Waals surface area (Å²) in [5.41, 5.74) is 5.32. The number of hydrogen-bond donors (Lipinski definition) is 3. The van der Waals surface area contributed by atoms with Crippen LogP contribution in [0.4, 0.5) is 0 Å². The predicted molar refractivity (Wildman–Crippen MR) is 52.5 cm³/mol. The molecule has 0 fully saturated rings. The van der Waals surface area contributed by atoms with Crippen molar-refractivity contribution >= 4 is 11.9 Å². The maximum atomic E-state index is 10.5. The number of carboxylic acids is 2. The minimum atomic E-state index is -1.13. The Kier molecular flexibility index (Phi) is 5.72. The summed E-state index contributed by atoms with van der Waals surface area (Å²) in [7, 11) is -0.288. The number of aliphatic carboxylic acids is 2. The molecule has 0 aromatic carbocycles. The van der Waals surface area contributed by atoms with Gasteiger partial charge in [-0.1, -0.05) is 0 Å². The summed E-state index contributed by atoms with van der Waals surface area (Å²) in [6, 6.07) is -1.04. The van der Waals surface area contributed by atoms with Crippen LogP contribution < -0.4 is 5.73 Å². The minimum Gasteiger partial charge on any atom is -0.481 e. The molecule has 0 aromatic rings. The molecule has 0 saturated carbocycles. The van der Waals surface area contributed by atoms with Crippen molar-refractivity contribution in [2.45, 2.75) is 37.8 Å². The third kappa shape index (κ3) is 6.87. The Morgan fingerprint density at radius 3 is 2.67 bits per heavy atom. The highest BCUT2D eigenvalue weighted by Gasteiger charge is 2.18. The number of hydrogen-bond acceptors (Lipinski definition) is 4. The second kappa shape index (κ2) is 7.19. The predicted octanol–water partition coefficient (Wildman–Crippen LogP) is 0.0583. The van der Waals surface area contributed by atoms with Crippen LogP contribution in [-0.2, 0) is 14.3 Å². The van der Waals surface area contributed by atoms with Gasteiger partial charge in [-0.15, -0.1) is 0 Å². The van der Waals surface area contributed by atoms with Gasteiger partial charge in [-0.2, -0.15) is 0 Å². The molecule has 0 spiro atoms. The first-order chi connectivity index (χ1) is 7.47. The maximum Gasteiger partial charge on any atom is 0.320 e. The molecule has 0 heterocycles. The van der Waals surface area contributed by atoms with Crippen LogP contribution in [0.15, 0.2) is 0 Å². The quantitative estimate of drug-likeness (QED) is 0.534. The topological polar surface area (TPSA) is 110 Å². The van der Waals surface area contributed by atoms with Crippen LogP contribution in [0.5, 0.6) is 0 Å². The monoisotopic (exact) mass is 221 g/mol. The molecule has 0 amide bonds. The van der Waals surface area contributed by atoms with Crippen molar-refractivity contribution in [3.8, 4) is 0 Å². The van der Waals surface area contributed by atoms with Crippen LogP contribution in [0.1, 0.15) is 27.1 Å². The molecule has 0 aliphatic carbocycles. The molecule has 0 bridgehead atoms. The van der Waals surface area contributed by atoms with Crippen LogP contribution in [0.2, 0.25) is 0 Å². The van der Waals surface area contributed by atoms with E-state index < -0.39 is 24.1 Å². The lowest BCUT2D eigenvalue weighted by molar-refractivity contribution is -0.140. The van der Waals surface area contributed by atoms with Crippen LogP contribution in [-0.4, -0.2) is 41.4 Å². The molecule has 0 radical (unpaired) electrons. The summed E-state index contributed by atoms with van der Waals surface area (Å²) in [5, 5.41) is 17.0. The van der Waals surface area contributed by atoms with E-state index in [0.717, 1.165) is 0 Å². The lowest BCUT2D eigenvalue weighted by Gasteiger charge is -2.16. The average molecular weight is 221 g/mol. The van der Waals surface area contributed by atoms with Gasteiger partial charge in [-0.05, 0) is 19.3 Å². The second-order valence-electron chi connectivity index (χ2n) is 3.26. The van der Waals surface area contributed by atoms with Crippen LogP contribution in [0.3, 0.4) is 0 Å². The van der Waals surface area contributed by atoms with Gasteiger partial charge in [0.2, 0.25) is 0 Å². The van der Waals surface area contributed by atoms with Crippen molar-refractivity contribution in [3.63, 3.8) is 0 Å². The van der Waals surface area contributed by atoms with Gasteiger partial charge in [-0.25, -0.2) is 0 Å². The molecule has 0 aliphatic rings. The van der Waals surface area contributed by atoms with Crippen molar-refractivity contribution < 1.29 is 25.9 Å². The number of carbonyl (C=O) groups is 2. The molecule has 15 heavy (non-hydrogen) atoms. The molecule has 2 atom stereocenters. The highest BCUT2D eigenvalue weighted by atomic mass is 16.5. The average Bonchev–Trinajstić information content (AvgIpc) is 2.17. The largest absolute Gasteiger partial charge is 0.481 e. The summed E-state index contributed by atoms with van der Waals surface area (Å²) in [6.45, 7) is 0. The molecule has 0 rings (SSSR count). The van der Waals surface area contributed by atoms with E-state index in [0.29, 0.717) is 12.8 Å². The third-order valence-corrected chi connectivity index (χ3v) is 1.99. The maximum absolute atomic E-state index is 10.5. The van der Waals surface area contributed by atoms with Crippen molar-refractivity contribution in [2.75, 3.05) is 7.09 Å². The van der Waals surface area contributed by atoms with Crippen molar-refractivity contribution in [3.05, 3.63) is 0 Å². The number of carboxylic acid groups (broad SMARTS) is 2. The summed E-state index contributed by atoms with van der Waals surface area (Å²) in [5.74, 6) is -2.04. The van der Waals surface area contributed by atoms with Gasteiger partial charge in [0.15, 0.2) is 0 Å². The zero-order valence-electron chi connectivity index (χ0n) is 9.39. The molecule has 0 aromatic heterocycles. The molecule has 88 valence electrons. The van der Waals surface area contributed by atoms with Crippen LogP contribution in [0.25, 0.3) is 0 Å². The van der Waals surface area contributed by atoms with Crippen molar-refractivity contribution in [2.24, 2.45) is 5.73 Å². The Balaban J connectivity index is 3.96. The van der Waals surface area contributed by atoms with E-state index in [1.807, 2.05) is 0 Å². The lowest BCUT2D eigenvalue weighted by atomic mass is 10.0. The Bertz CT molecular complexity index is 236. The van der Waals surface area contributed by atoms with E-state index in [4.69, 9.17) is 22.1 Å². The van der Waals surface area contributed by atoms with Gasteiger partial charge in [0, 0.05) is 13.5 Å². The highest BCUT2D eigenvalue weighted by Crippen LogP contribution is 2.10. The zero-order chi connectivity index (χ0) is 12.6. The summed E-state index contributed by atoms with van der Waals surface area (Å²) in [6.07, 6.45) is 0.398. The molecule has 0 saturated heterocycles. The van der Waals surface area contributed by atoms with E-state index in [-0.39, 0.29) is 19.9 Å². The van der Waals surface area contributed by atoms with Crippen LogP contribution in [0, 0.1) is 0 Å². The fourth-order valence-electron chi connectivity index (χ4n) is 1.13. The standard InChI is InChI=1S/C9H17NO5/c1-15-6(3-2-4-8(11)12)5-7(10)9(13)14/h6-7H,2-5,10H2,1H3,(H,11,12)(H,13,14)/i1T. The number of ether oxygens (including phenoxy) is 1. The minimum absolute atomic E-state index is 0.000168. The Hall–Kier alpha value is -1.14. The second-order valence-corrected chi connectivity index (χ2v) is 3.26. The number of nitrogens with two attached hydrogens (primary N) is 1. The molecule has 6 nitrogen and oxygen atoms in total. The molecule has 4 N–H and O–H groups in total. The summed E-state index contributed by atoms with van der Waals surface area (Å²) >= 11 is 0. The van der Waals surface area contributed by atoms with Gasteiger partial charge in [0.05, 0.1) is 7.47 Å². The van der Waals surface area contributed by atoms with Crippen molar-refractivity contribution in [1.82, 2.24) is 0 Å². The zero-order valence-corrected chi connectivity index (χ0v) is 8.39. The Morgan fingerprint density at radius 1 is 1.53 bits per heavy atom. The first-order valence-electron chi connectivity index (χ1n) is 5.29. The summed E-state index contributed by atoms with van der Waals surface area (Å²) in [4.78, 5) is 20.8. The number of rotatable bonds is 8. The first kappa shape index (κ1) is 11.9. The van der Waals surface area contributed by atoms with Gasteiger partial charge in [0.25, 0.3) is 0 Å². The van der Waals surface area contributed by atoms with Gasteiger partial charge in [0.1, 0.15) is 6.04 Å². The van der Waals surface area contributed by atoms with Gasteiger partial charge >= 0.3 is 11.9 Å². The SMILES string of the molecule is [3H]COC(CCCC(=O)O)CC(N)C(=O)O. The smallest absolute Gasteiger partial charge is 0.320 e. The van der Waals surface area contributed by atoms with E-state index in [1.165, 1.54) is 0 Å². The molecular formula is C9H17NO5. The molecule has 6 heteroatoms. The van der Waals surface area contributed by atoms with Gasteiger partial charge in [-0.3, -0.25) is 9.59 Å². The van der Waals surface area contributed by atoms with Crippen molar-refractivity contribution in [1.29, 1.82) is 0 Å². The van der Waals surface area contributed by atoms with E-state index in [1.54, 1.807) is 0 Å². The van der Waals surface area contributed by atoms with E-state index in [2.05, 4.69) is 0 Å². The third-order valence-electron chi connectivity index (χ3n) is 1.99. The Labute approximate surface area is 89.4 Å². The van der Waals surface area contributed by atoms with E-state index in [9.17, 15) is 9.59 Å². The van der Waals surface area contributed by atoms with Gasteiger partial charge < -0.3 is 20.7 Å². The molecule has 0 aliphatic heterocycles. The Morgan fingerprint density at radius 2 is 2.20 bits per heavy atom. The first-order valence-corrected chi connectivity index (χ1v) is 4.58.